The predicted octanol–water partition coefficient (Wildman–Crippen LogP) is 8.05. The van der Waals surface area contributed by atoms with Crippen molar-refractivity contribution in [2.45, 2.75) is 23.8 Å². The van der Waals surface area contributed by atoms with E-state index in [1.54, 1.807) is 11.3 Å². The summed E-state index contributed by atoms with van der Waals surface area (Å²) in [6.07, 6.45) is 1.53. The van der Waals surface area contributed by atoms with Crippen LogP contribution in [0.15, 0.2) is 120 Å². The fourth-order valence-electron chi connectivity index (χ4n) is 7.90. The molecule has 1 aliphatic heterocycles. The lowest BCUT2D eigenvalue weighted by Gasteiger charge is -2.56. The lowest BCUT2D eigenvalue weighted by atomic mass is 9.59. The predicted molar refractivity (Wildman–Crippen MR) is 185 cm³/mol. The SMILES string of the molecule is c1ccc2[nH]c(C3(c4cc5ccccc5o4)N(c4cc5ccccc5s4)CCCC3(c3nn[nH]n3)c3nc4ccccc4[nH]3)cc2c1. The van der Waals surface area contributed by atoms with Gasteiger partial charge in [-0.2, -0.15) is 5.21 Å². The van der Waals surface area contributed by atoms with Gasteiger partial charge in [0.2, 0.25) is 0 Å². The van der Waals surface area contributed by atoms with Gasteiger partial charge in [-0.3, -0.25) is 0 Å². The van der Waals surface area contributed by atoms with E-state index in [0.29, 0.717) is 12.2 Å². The van der Waals surface area contributed by atoms with Gasteiger partial charge in [-0.15, -0.1) is 21.5 Å². The molecule has 0 amide bonds. The van der Waals surface area contributed by atoms with E-state index >= 15 is 0 Å². The molecule has 3 N–H and O–H groups in total. The molecule has 10 heteroatoms. The summed E-state index contributed by atoms with van der Waals surface area (Å²) in [5.41, 5.74) is 2.60. The lowest BCUT2D eigenvalue weighted by Crippen LogP contribution is -2.65. The maximum absolute atomic E-state index is 7.05. The van der Waals surface area contributed by atoms with Crippen LogP contribution in [0.4, 0.5) is 5.00 Å². The number of para-hydroxylation sites is 4. The zero-order chi connectivity index (χ0) is 31.0. The van der Waals surface area contributed by atoms with Gasteiger partial charge in [0.15, 0.2) is 11.4 Å². The monoisotopic (exact) mass is 632 g/mol. The van der Waals surface area contributed by atoms with Crippen molar-refractivity contribution in [3.63, 3.8) is 0 Å². The molecule has 9 aromatic rings. The van der Waals surface area contributed by atoms with Gasteiger partial charge in [0.05, 0.1) is 21.7 Å². The van der Waals surface area contributed by atoms with Gasteiger partial charge < -0.3 is 19.3 Å². The van der Waals surface area contributed by atoms with E-state index in [1.807, 2.05) is 36.4 Å². The van der Waals surface area contributed by atoms with E-state index in [4.69, 9.17) is 19.6 Å². The minimum Gasteiger partial charge on any atom is -0.458 e. The molecule has 9 nitrogen and oxygen atoms in total. The average Bonchev–Trinajstić information content (AvgIpc) is 3.96. The topological polar surface area (TPSA) is 115 Å². The van der Waals surface area contributed by atoms with Gasteiger partial charge in [-0.05, 0) is 72.1 Å². The summed E-state index contributed by atoms with van der Waals surface area (Å²) in [4.78, 5) is 15.5. The Bertz CT molecular complexity index is 2350. The van der Waals surface area contributed by atoms with Crippen LogP contribution in [-0.4, -0.2) is 42.1 Å². The second kappa shape index (κ2) is 9.88. The fraction of sp³-hybridized carbons (Fsp3) is 0.135. The lowest BCUT2D eigenvalue weighted by molar-refractivity contribution is 0.180. The van der Waals surface area contributed by atoms with Crippen molar-refractivity contribution in [2.24, 2.45) is 0 Å². The number of rotatable bonds is 5. The van der Waals surface area contributed by atoms with Gasteiger partial charge in [0.25, 0.3) is 0 Å². The molecular formula is C37H28N8OS. The summed E-state index contributed by atoms with van der Waals surface area (Å²) in [7, 11) is 0. The number of hydrogen-bond acceptors (Lipinski definition) is 7. The van der Waals surface area contributed by atoms with Gasteiger partial charge in [-0.25, -0.2) is 4.98 Å². The first kappa shape index (κ1) is 26.5. The Morgan fingerprint density at radius 3 is 2.36 bits per heavy atom. The largest absolute Gasteiger partial charge is 0.458 e. The first-order valence-corrected chi connectivity index (χ1v) is 16.6. The van der Waals surface area contributed by atoms with Crippen LogP contribution in [0.3, 0.4) is 0 Å². The summed E-state index contributed by atoms with van der Waals surface area (Å²) < 4.78 is 8.27. The quantitative estimate of drug-likeness (QED) is 0.177. The molecule has 1 saturated heterocycles. The second-order valence-electron chi connectivity index (χ2n) is 12.3. The van der Waals surface area contributed by atoms with E-state index < -0.39 is 11.0 Å². The van der Waals surface area contributed by atoms with Crippen molar-refractivity contribution in [3.8, 4) is 0 Å². The Kier molecular flexibility index (Phi) is 5.56. The van der Waals surface area contributed by atoms with E-state index in [-0.39, 0.29) is 0 Å². The summed E-state index contributed by atoms with van der Waals surface area (Å²) >= 11 is 1.78. The zero-order valence-electron chi connectivity index (χ0n) is 25.1. The van der Waals surface area contributed by atoms with Crippen LogP contribution < -0.4 is 4.90 Å². The number of furan rings is 1. The smallest absolute Gasteiger partial charge is 0.191 e. The van der Waals surface area contributed by atoms with Crippen molar-refractivity contribution in [1.29, 1.82) is 0 Å². The van der Waals surface area contributed by atoms with Crippen LogP contribution in [0, 0.1) is 0 Å². The zero-order valence-corrected chi connectivity index (χ0v) is 26.0. The third-order valence-corrected chi connectivity index (χ3v) is 11.0. The number of benzene rings is 4. The highest BCUT2D eigenvalue weighted by Crippen LogP contribution is 2.60. The molecule has 4 aromatic carbocycles. The van der Waals surface area contributed by atoms with Gasteiger partial charge in [0, 0.05) is 22.1 Å². The molecule has 10 rings (SSSR count). The molecule has 0 bridgehead atoms. The Morgan fingerprint density at radius 2 is 1.55 bits per heavy atom. The van der Waals surface area contributed by atoms with Crippen LogP contribution in [0.5, 0.6) is 0 Å². The third-order valence-electron chi connectivity index (χ3n) is 9.86. The molecule has 0 aliphatic carbocycles. The van der Waals surface area contributed by atoms with Crippen LogP contribution in [0.25, 0.3) is 43.0 Å². The number of nitrogens with one attached hydrogen (secondary N) is 3. The van der Waals surface area contributed by atoms with Crippen LogP contribution >= 0.6 is 11.3 Å². The first-order chi connectivity index (χ1) is 23.2. The van der Waals surface area contributed by atoms with Crippen LogP contribution in [-0.2, 0) is 11.0 Å². The highest BCUT2D eigenvalue weighted by molar-refractivity contribution is 7.22. The molecule has 0 spiro atoms. The molecule has 0 saturated carbocycles. The van der Waals surface area contributed by atoms with Gasteiger partial charge in [0.1, 0.15) is 22.6 Å². The number of H-pyrrole nitrogens is 3. The van der Waals surface area contributed by atoms with Crippen molar-refractivity contribution in [1.82, 2.24) is 35.6 Å². The summed E-state index contributed by atoms with van der Waals surface area (Å²) in [5.74, 6) is 2.07. The Hall–Kier alpha value is -5.74. The highest BCUT2D eigenvalue weighted by atomic mass is 32.1. The molecule has 0 radical (unpaired) electrons. The van der Waals surface area contributed by atoms with Crippen molar-refractivity contribution in [3.05, 3.63) is 138 Å². The van der Waals surface area contributed by atoms with Gasteiger partial charge >= 0.3 is 0 Å². The molecule has 47 heavy (non-hydrogen) atoms. The van der Waals surface area contributed by atoms with Crippen molar-refractivity contribution < 1.29 is 4.42 Å². The third kappa shape index (κ3) is 3.64. The van der Waals surface area contributed by atoms with E-state index in [1.165, 1.54) is 10.1 Å². The molecule has 1 fully saturated rings. The maximum atomic E-state index is 7.05. The number of anilines is 1. The van der Waals surface area contributed by atoms with E-state index in [2.05, 4.69) is 104 Å². The summed E-state index contributed by atoms with van der Waals surface area (Å²) in [5, 5.41) is 21.0. The molecule has 5 aromatic heterocycles. The fourth-order valence-corrected chi connectivity index (χ4v) is 9.05. The Balaban J connectivity index is 1.41. The summed E-state index contributed by atoms with van der Waals surface area (Å²) in [6, 6.07) is 40.0. The van der Waals surface area contributed by atoms with Gasteiger partial charge in [-0.1, -0.05) is 71.9 Å². The number of piperidine rings is 1. The number of nitrogens with zero attached hydrogens (tertiary/aromatic N) is 5. The first-order valence-electron chi connectivity index (χ1n) is 15.8. The number of fused-ring (bicyclic) bond motifs is 4. The number of aromatic nitrogens is 7. The highest BCUT2D eigenvalue weighted by Gasteiger charge is 2.67. The minimum atomic E-state index is -1.04. The number of tetrazole rings is 1. The summed E-state index contributed by atoms with van der Waals surface area (Å²) in [6.45, 7) is 0.763. The van der Waals surface area contributed by atoms with E-state index in [9.17, 15) is 0 Å². The molecule has 2 atom stereocenters. The normalized spacial score (nSPS) is 20.2. The molecule has 2 unspecified atom stereocenters. The van der Waals surface area contributed by atoms with Crippen molar-refractivity contribution >= 4 is 59.3 Å². The standard InChI is InChI=1S/C37H28N8OS/c1-4-13-26-23(10-1)20-31(38-26)37(32-21-24-11-2-7-16-29(24)46-32)36(35-41-43-44-42-35,34-39-27-14-5-6-15-28(27)40-34)18-9-19-45(37)33-22-25-12-3-8-17-30(25)47-33/h1-8,10-17,20-22,38H,9,18-19H2,(H,39,40)(H,41,42,43,44). The van der Waals surface area contributed by atoms with E-state index in [0.717, 1.165) is 68.2 Å². The molecule has 228 valence electrons. The minimum absolute atomic E-state index is 0.543. The number of thiophene rings is 1. The molecule has 1 aliphatic rings. The number of imidazole rings is 1. The number of hydrogen-bond donors (Lipinski definition) is 3. The Morgan fingerprint density at radius 1 is 0.766 bits per heavy atom. The average molecular weight is 633 g/mol. The van der Waals surface area contributed by atoms with Crippen LogP contribution in [0.2, 0.25) is 0 Å². The molecular weight excluding hydrogens is 605 g/mol. The number of aromatic amines is 3. The molecule has 6 heterocycles. The van der Waals surface area contributed by atoms with Crippen LogP contribution in [0.1, 0.15) is 35.9 Å². The maximum Gasteiger partial charge on any atom is 0.191 e. The second-order valence-corrected chi connectivity index (χ2v) is 13.3. The Labute approximate surface area is 272 Å². The van der Waals surface area contributed by atoms with Crippen molar-refractivity contribution in [2.75, 3.05) is 11.4 Å².